The molecule has 0 saturated heterocycles. The van der Waals surface area contributed by atoms with Crippen LogP contribution < -0.4 is 15.2 Å². The van der Waals surface area contributed by atoms with Crippen LogP contribution in [0.4, 0.5) is 0 Å². The van der Waals surface area contributed by atoms with Crippen LogP contribution in [-0.2, 0) is 0 Å². The molecule has 1 aromatic carbocycles. The van der Waals surface area contributed by atoms with Gasteiger partial charge in [-0.25, -0.2) is 0 Å². The van der Waals surface area contributed by atoms with Gasteiger partial charge in [0, 0.05) is 10.8 Å². The number of amidine groups is 1. The van der Waals surface area contributed by atoms with E-state index in [0.717, 1.165) is 10.1 Å². The molecule has 3 N–H and O–H groups in total. The summed E-state index contributed by atoms with van der Waals surface area (Å²) in [6.07, 6.45) is 0. The van der Waals surface area contributed by atoms with Crippen LogP contribution in [0.5, 0.6) is 11.5 Å². The fourth-order valence-corrected chi connectivity index (χ4v) is 2.51. The summed E-state index contributed by atoms with van der Waals surface area (Å²) in [5.74, 6) is 1.42. The average molecular weight is 252 g/mol. The summed E-state index contributed by atoms with van der Waals surface area (Å²) in [6, 6.07) is 5.57. The van der Waals surface area contributed by atoms with Gasteiger partial charge in [0.2, 0.25) is 0 Å². The maximum Gasteiger partial charge on any atom is 0.180 e. The Balaban J connectivity index is 2.61. The van der Waals surface area contributed by atoms with Crippen LogP contribution >= 0.6 is 11.3 Å². The number of methoxy groups -OCH3 is 2. The first-order chi connectivity index (χ1) is 8.19. The van der Waals surface area contributed by atoms with E-state index in [9.17, 15) is 0 Å². The minimum atomic E-state index is 0.101. The maximum absolute atomic E-state index is 8.64. The molecule has 0 atom stereocenters. The summed E-state index contributed by atoms with van der Waals surface area (Å²) in [6.45, 7) is 0. The summed E-state index contributed by atoms with van der Waals surface area (Å²) >= 11 is 1.43. The number of nitrogens with two attached hydrogens (primary N) is 1. The van der Waals surface area contributed by atoms with Crippen molar-refractivity contribution >= 4 is 27.3 Å². The number of ether oxygens (including phenoxy) is 2. The summed E-state index contributed by atoms with van der Waals surface area (Å²) in [7, 11) is 3.17. The second kappa shape index (κ2) is 4.50. The van der Waals surface area contributed by atoms with E-state index >= 15 is 0 Å². The van der Waals surface area contributed by atoms with E-state index in [1.165, 1.54) is 11.3 Å². The van der Waals surface area contributed by atoms with Crippen molar-refractivity contribution in [3.63, 3.8) is 0 Å². The van der Waals surface area contributed by atoms with Crippen LogP contribution in [0.3, 0.4) is 0 Å². The van der Waals surface area contributed by atoms with Crippen LogP contribution in [0.1, 0.15) is 4.88 Å². The predicted octanol–water partition coefficient (Wildman–Crippen LogP) is 2.01. The number of rotatable bonds is 3. The molecule has 17 heavy (non-hydrogen) atoms. The first kappa shape index (κ1) is 11.5. The molecular weight excluding hydrogens is 240 g/mol. The van der Waals surface area contributed by atoms with Crippen LogP contribution in [0, 0.1) is 0 Å². The minimum Gasteiger partial charge on any atom is -0.493 e. The number of thiophene rings is 1. The second-order valence-corrected chi connectivity index (χ2v) is 4.42. The fourth-order valence-electron chi connectivity index (χ4n) is 1.54. The third kappa shape index (κ3) is 1.99. The Hall–Kier alpha value is -1.95. The molecule has 0 aliphatic heterocycles. The maximum atomic E-state index is 8.64. The first-order valence-electron chi connectivity index (χ1n) is 4.83. The molecule has 2 rings (SSSR count). The highest BCUT2D eigenvalue weighted by molar-refractivity contribution is 7.20. The molecule has 0 spiro atoms. The lowest BCUT2D eigenvalue weighted by atomic mass is 10.2. The molecule has 0 unspecified atom stereocenters. The van der Waals surface area contributed by atoms with Gasteiger partial charge in [0.25, 0.3) is 0 Å². The van der Waals surface area contributed by atoms with Gasteiger partial charge in [-0.2, -0.15) is 0 Å². The monoisotopic (exact) mass is 252 g/mol. The number of fused-ring (bicyclic) bond motifs is 1. The lowest BCUT2D eigenvalue weighted by Gasteiger charge is -2.06. The van der Waals surface area contributed by atoms with Crippen molar-refractivity contribution in [3.8, 4) is 11.5 Å². The zero-order valence-electron chi connectivity index (χ0n) is 9.43. The minimum absolute atomic E-state index is 0.101. The van der Waals surface area contributed by atoms with Crippen LogP contribution in [-0.4, -0.2) is 25.3 Å². The Bertz CT molecular complexity index is 536. The van der Waals surface area contributed by atoms with E-state index in [2.05, 4.69) is 5.16 Å². The molecule has 1 aromatic heterocycles. The van der Waals surface area contributed by atoms with Gasteiger partial charge < -0.3 is 20.4 Å². The highest BCUT2D eigenvalue weighted by atomic mass is 32.1. The van der Waals surface area contributed by atoms with E-state index in [1.54, 1.807) is 14.2 Å². The Morgan fingerprint density at radius 3 is 2.47 bits per heavy atom. The number of oxime groups is 1. The predicted molar refractivity (Wildman–Crippen MR) is 67.4 cm³/mol. The highest BCUT2D eigenvalue weighted by Gasteiger charge is 2.10. The molecular formula is C11H12N2O3S. The van der Waals surface area contributed by atoms with Gasteiger partial charge in [0.15, 0.2) is 17.3 Å². The van der Waals surface area contributed by atoms with Crippen molar-refractivity contribution in [3.05, 3.63) is 23.1 Å². The number of hydrogen-bond donors (Lipinski definition) is 2. The van der Waals surface area contributed by atoms with Crippen molar-refractivity contribution in [2.24, 2.45) is 10.9 Å². The summed E-state index contributed by atoms with van der Waals surface area (Å²) in [5.41, 5.74) is 5.55. The molecule has 6 heteroatoms. The van der Waals surface area contributed by atoms with Crippen molar-refractivity contribution in [2.45, 2.75) is 0 Å². The molecule has 90 valence electrons. The molecule has 5 nitrogen and oxygen atoms in total. The van der Waals surface area contributed by atoms with Crippen molar-refractivity contribution in [1.29, 1.82) is 0 Å². The van der Waals surface area contributed by atoms with Crippen molar-refractivity contribution in [1.82, 2.24) is 0 Å². The van der Waals surface area contributed by atoms with Gasteiger partial charge in [-0.1, -0.05) is 5.16 Å². The average Bonchev–Trinajstić information content (AvgIpc) is 2.78. The van der Waals surface area contributed by atoms with Gasteiger partial charge in [-0.05, 0) is 17.5 Å². The lowest BCUT2D eigenvalue weighted by Crippen LogP contribution is -2.10. The molecule has 0 aliphatic rings. The molecule has 0 saturated carbocycles. The second-order valence-electron chi connectivity index (χ2n) is 3.34. The Labute approximate surface area is 102 Å². The third-order valence-corrected chi connectivity index (χ3v) is 3.50. The van der Waals surface area contributed by atoms with Crippen molar-refractivity contribution in [2.75, 3.05) is 14.2 Å². The van der Waals surface area contributed by atoms with E-state index < -0.39 is 0 Å². The molecule has 1 heterocycles. The van der Waals surface area contributed by atoms with E-state index in [-0.39, 0.29) is 5.84 Å². The van der Waals surface area contributed by atoms with Gasteiger partial charge in [0.1, 0.15) is 0 Å². The normalized spacial score (nSPS) is 11.8. The number of benzene rings is 1. The van der Waals surface area contributed by atoms with Crippen LogP contribution in [0.25, 0.3) is 10.1 Å². The van der Waals surface area contributed by atoms with Gasteiger partial charge in [-0.15, -0.1) is 11.3 Å². The smallest absolute Gasteiger partial charge is 0.180 e. The Morgan fingerprint density at radius 2 is 1.88 bits per heavy atom. The Kier molecular flexibility index (Phi) is 3.06. The van der Waals surface area contributed by atoms with E-state index in [4.69, 9.17) is 20.4 Å². The molecule has 0 fully saturated rings. The largest absolute Gasteiger partial charge is 0.493 e. The van der Waals surface area contributed by atoms with Gasteiger partial charge >= 0.3 is 0 Å². The number of hydrogen-bond acceptors (Lipinski definition) is 5. The van der Waals surface area contributed by atoms with Crippen LogP contribution in [0.15, 0.2) is 23.4 Å². The molecule has 0 radical (unpaired) electrons. The molecule has 2 aromatic rings. The van der Waals surface area contributed by atoms with Crippen molar-refractivity contribution < 1.29 is 14.7 Å². The fraction of sp³-hybridized carbons (Fsp3) is 0.182. The third-order valence-electron chi connectivity index (χ3n) is 2.38. The van der Waals surface area contributed by atoms with E-state index in [0.29, 0.717) is 16.4 Å². The summed E-state index contributed by atoms with van der Waals surface area (Å²) < 4.78 is 11.4. The van der Waals surface area contributed by atoms with E-state index in [1.807, 2.05) is 18.2 Å². The zero-order valence-corrected chi connectivity index (χ0v) is 10.2. The van der Waals surface area contributed by atoms with Crippen LogP contribution in [0.2, 0.25) is 0 Å². The zero-order chi connectivity index (χ0) is 12.4. The quantitative estimate of drug-likeness (QED) is 0.379. The van der Waals surface area contributed by atoms with Gasteiger partial charge in [0.05, 0.1) is 19.1 Å². The summed E-state index contributed by atoms with van der Waals surface area (Å²) in [4.78, 5) is 0.706. The molecule has 0 aliphatic carbocycles. The lowest BCUT2D eigenvalue weighted by molar-refractivity contribution is 0.319. The highest BCUT2D eigenvalue weighted by Crippen LogP contribution is 2.36. The molecule has 0 bridgehead atoms. The molecule has 0 amide bonds. The standard InChI is InChI=1S/C11H12N2O3S/c1-15-7-3-6-4-10(11(12)13-14)17-9(6)5-8(7)16-2/h3-5,14H,1-2H3,(H2,12,13). The topological polar surface area (TPSA) is 77.1 Å². The summed E-state index contributed by atoms with van der Waals surface area (Å²) in [5, 5.41) is 12.6. The Morgan fingerprint density at radius 1 is 1.24 bits per heavy atom. The van der Waals surface area contributed by atoms with Gasteiger partial charge in [-0.3, -0.25) is 0 Å². The SMILES string of the molecule is COc1cc2cc(/C(N)=N\O)sc2cc1OC. The first-order valence-corrected chi connectivity index (χ1v) is 5.64. The number of nitrogens with zero attached hydrogens (tertiary/aromatic N) is 1.